The molecule has 0 aliphatic carbocycles. The van der Waals surface area contributed by atoms with Crippen molar-refractivity contribution in [3.8, 4) is 0 Å². The van der Waals surface area contributed by atoms with Crippen molar-refractivity contribution in [2.24, 2.45) is 0 Å². The molecular formula is C20H22N2O5S. The number of hydrogen-bond donors (Lipinski definition) is 2. The fraction of sp³-hybridized carbons (Fsp3) is 0.200. The minimum Gasteiger partial charge on any atom is -0.452 e. The third-order valence-electron chi connectivity index (χ3n) is 3.64. The van der Waals surface area contributed by atoms with Crippen LogP contribution in [0.5, 0.6) is 0 Å². The van der Waals surface area contributed by atoms with Gasteiger partial charge < -0.3 is 10.1 Å². The van der Waals surface area contributed by atoms with E-state index in [2.05, 4.69) is 16.6 Å². The van der Waals surface area contributed by atoms with Crippen molar-refractivity contribution in [1.82, 2.24) is 4.72 Å². The first kappa shape index (κ1) is 21.3. The van der Waals surface area contributed by atoms with Crippen LogP contribution < -0.4 is 10.0 Å². The number of benzene rings is 2. The van der Waals surface area contributed by atoms with Gasteiger partial charge in [0, 0.05) is 12.2 Å². The smallest absolute Gasteiger partial charge is 0.338 e. The van der Waals surface area contributed by atoms with E-state index in [0.717, 1.165) is 11.1 Å². The van der Waals surface area contributed by atoms with Gasteiger partial charge in [-0.25, -0.2) is 17.9 Å². The van der Waals surface area contributed by atoms with E-state index >= 15 is 0 Å². The first-order valence-corrected chi connectivity index (χ1v) is 9.95. The van der Waals surface area contributed by atoms with Crippen molar-refractivity contribution in [3.05, 3.63) is 71.8 Å². The highest BCUT2D eigenvalue weighted by Gasteiger charge is 2.17. The molecule has 2 rings (SSSR count). The number of esters is 1. The molecule has 2 aromatic rings. The summed E-state index contributed by atoms with van der Waals surface area (Å²) in [5.41, 5.74) is 2.63. The van der Waals surface area contributed by atoms with E-state index in [1.54, 1.807) is 12.1 Å². The van der Waals surface area contributed by atoms with Gasteiger partial charge in [-0.1, -0.05) is 18.2 Å². The monoisotopic (exact) mass is 402 g/mol. The molecule has 28 heavy (non-hydrogen) atoms. The second kappa shape index (κ2) is 9.29. The maximum absolute atomic E-state index is 12.2. The zero-order valence-electron chi connectivity index (χ0n) is 15.7. The van der Waals surface area contributed by atoms with Gasteiger partial charge in [-0.05, 0) is 55.3 Å². The number of ether oxygens (including phenoxy) is 1. The Labute approximate surface area is 164 Å². The van der Waals surface area contributed by atoms with Crippen LogP contribution in [0.4, 0.5) is 5.69 Å². The molecule has 2 N–H and O–H groups in total. The van der Waals surface area contributed by atoms with E-state index in [4.69, 9.17) is 4.74 Å². The number of carbonyl (C=O) groups excluding carboxylic acids is 2. The van der Waals surface area contributed by atoms with Gasteiger partial charge in [-0.2, -0.15) is 0 Å². The Morgan fingerprint density at radius 2 is 1.79 bits per heavy atom. The summed E-state index contributed by atoms with van der Waals surface area (Å²) in [4.78, 5) is 24.1. The number of carbonyl (C=O) groups is 2. The minimum atomic E-state index is -3.77. The number of sulfonamides is 1. The van der Waals surface area contributed by atoms with Crippen molar-refractivity contribution in [3.63, 3.8) is 0 Å². The Kier molecular flexibility index (Phi) is 7.08. The second-order valence-electron chi connectivity index (χ2n) is 6.17. The topological polar surface area (TPSA) is 102 Å². The molecule has 0 saturated heterocycles. The lowest BCUT2D eigenvalue weighted by molar-refractivity contribution is -0.119. The molecule has 0 spiro atoms. The van der Waals surface area contributed by atoms with E-state index in [1.807, 2.05) is 19.9 Å². The van der Waals surface area contributed by atoms with Crippen LogP contribution in [0.15, 0.2) is 60.0 Å². The van der Waals surface area contributed by atoms with Gasteiger partial charge in [0.2, 0.25) is 10.0 Å². The quantitative estimate of drug-likeness (QED) is 0.522. The summed E-state index contributed by atoms with van der Waals surface area (Å²) in [6.45, 7) is 6.84. The van der Waals surface area contributed by atoms with Crippen LogP contribution in [0.1, 0.15) is 21.5 Å². The highest BCUT2D eigenvalue weighted by atomic mass is 32.2. The number of nitrogens with one attached hydrogen (secondary N) is 2. The molecular weight excluding hydrogens is 380 g/mol. The van der Waals surface area contributed by atoms with E-state index in [-0.39, 0.29) is 17.0 Å². The molecule has 7 nitrogen and oxygen atoms in total. The summed E-state index contributed by atoms with van der Waals surface area (Å²) in [6, 6.07) is 11.0. The largest absolute Gasteiger partial charge is 0.452 e. The van der Waals surface area contributed by atoms with Gasteiger partial charge in [-0.3, -0.25) is 4.79 Å². The zero-order valence-corrected chi connectivity index (χ0v) is 16.5. The summed E-state index contributed by atoms with van der Waals surface area (Å²) in [6.07, 6.45) is 1.41. The highest BCUT2D eigenvalue weighted by molar-refractivity contribution is 7.89. The van der Waals surface area contributed by atoms with Gasteiger partial charge in [0.25, 0.3) is 5.91 Å². The molecule has 148 valence electrons. The number of anilines is 1. The molecule has 1 amide bonds. The summed E-state index contributed by atoms with van der Waals surface area (Å²) in [7, 11) is -3.77. The van der Waals surface area contributed by atoms with Crippen LogP contribution in [0.3, 0.4) is 0 Å². The molecule has 0 fully saturated rings. The Balaban J connectivity index is 2.00. The van der Waals surface area contributed by atoms with Crippen molar-refractivity contribution in [2.45, 2.75) is 18.7 Å². The Morgan fingerprint density at radius 3 is 2.43 bits per heavy atom. The number of amides is 1. The maximum atomic E-state index is 12.2. The fourth-order valence-corrected chi connectivity index (χ4v) is 3.54. The third-order valence-corrected chi connectivity index (χ3v) is 5.06. The molecule has 0 aliphatic rings. The van der Waals surface area contributed by atoms with Crippen molar-refractivity contribution in [1.29, 1.82) is 0 Å². The molecule has 0 radical (unpaired) electrons. The maximum Gasteiger partial charge on any atom is 0.338 e. The van der Waals surface area contributed by atoms with Crippen molar-refractivity contribution in [2.75, 3.05) is 18.5 Å². The molecule has 0 aromatic heterocycles. The molecule has 8 heteroatoms. The van der Waals surface area contributed by atoms with Crippen LogP contribution in [-0.2, 0) is 19.6 Å². The number of aryl methyl sites for hydroxylation is 2. The second-order valence-corrected chi connectivity index (χ2v) is 7.94. The van der Waals surface area contributed by atoms with Crippen LogP contribution in [-0.4, -0.2) is 33.4 Å². The van der Waals surface area contributed by atoms with Crippen molar-refractivity contribution < 1.29 is 22.7 Å². The summed E-state index contributed by atoms with van der Waals surface area (Å²) in [5, 5.41) is 2.66. The van der Waals surface area contributed by atoms with E-state index in [0.29, 0.717) is 5.69 Å². The number of rotatable bonds is 8. The van der Waals surface area contributed by atoms with Crippen LogP contribution in [0, 0.1) is 13.8 Å². The van der Waals surface area contributed by atoms with E-state index < -0.39 is 28.5 Å². The molecule has 0 atom stereocenters. The van der Waals surface area contributed by atoms with Gasteiger partial charge in [0.1, 0.15) is 0 Å². The molecule has 0 unspecified atom stereocenters. The molecule has 0 bridgehead atoms. The van der Waals surface area contributed by atoms with Gasteiger partial charge in [0.05, 0.1) is 10.5 Å². The number of hydrogen-bond acceptors (Lipinski definition) is 5. The first-order valence-electron chi connectivity index (χ1n) is 8.47. The van der Waals surface area contributed by atoms with Crippen LogP contribution in [0.25, 0.3) is 0 Å². The Bertz CT molecular complexity index is 979. The van der Waals surface area contributed by atoms with Gasteiger partial charge in [-0.15, -0.1) is 6.58 Å². The lowest BCUT2D eigenvalue weighted by atomic mass is 10.1. The summed E-state index contributed by atoms with van der Waals surface area (Å²) in [5.74, 6) is -1.29. The highest BCUT2D eigenvalue weighted by Crippen LogP contribution is 2.14. The standard InChI is InChI=1S/C20H22N2O5S/c1-4-8-21-28(25,26)18-7-5-6-16(12-18)20(24)27-13-19(23)22-17-10-14(2)9-15(3)11-17/h4-7,9-12,21H,1,8,13H2,2-3H3,(H,22,23). The lowest BCUT2D eigenvalue weighted by Gasteiger charge is -2.09. The van der Waals surface area contributed by atoms with Crippen LogP contribution >= 0.6 is 0 Å². The predicted molar refractivity (Wildman–Crippen MR) is 107 cm³/mol. The normalized spacial score (nSPS) is 10.9. The zero-order chi connectivity index (χ0) is 20.7. The van der Waals surface area contributed by atoms with E-state index in [1.165, 1.54) is 30.3 Å². The average Bonchev–Trinajstić information content (AvgIpc) is 2.63. The minimum absolute atomic E-state index is 0.0284. The van der Waals surface area contributed by atoms with Crippen molar-refractivity contribution >= 4 is 27.6 Å². The summed E-state index contributed by atoms with van der Waals surface area (Å²) < 4.78 is 31.5. The first-order chi connectivity index (χ1) is 13.2. The van der Waals surface area contributed by atoms with Crippen LogP contribution in [0.2, 0.25) is 0 Å². The Hall–Kier alpha value is -2.97. The summed E-state index contributed by atoms with van der Waals surface area (Å²) >= 11 is 0. The van der Waals surface area contributed by atoms with Gasteiger partial charge >= 0.3 is 5.97 Å². The average molecular weight is 402 g/mol. The van der Waals surface area contributed by atoms with E-state index in [9.17, 15) is 18.0 Å². The molecule has 2 aromatic carbocycles. The third kappa shape index (κ3) is 6.04. The molecule has 0 saturated carbocycles. The lowest BCUT2D eigenvalue weighted by Crippen LogP contribution is -2.24. The molecule has 0 heterocycles. The predicted octanol–water partition coefficient (Wildman–Crippen LogP) is 2.56. The molecule has 0 aliphatic heterocycles. The Morgan fingerprint density at radius 1 is 1.11 bits per heavy atom. The SMILES string of the molecule is C=CCNS(=O)(=O)c1cccc(C(=O)OCC(=O)Nc2cc(C)cc(C)c2)c1. The van der Waals surface area contributed by atoms with Gasteiger partial charge in [0.15, 0.2) is 6.61 Å². The fourth-order valence-electron chi connectivity index (χ4n) is 2.50.